The smallest absolute Gasteiger partial charge is 0.244 e. The lowest BCUT2D eigenvalue weighted by molar-refractivity contribution is -0.118. The first-order chi connectivity index (χ1) is 6.16. The average Bonchev–Trinajstić information content (AvgIpc) is 2.61. The van der Waals surface area contributed by atoms with E-state index < -0.39 is 5.79 Å². The summed E-state index contributed by atoms with van der Waals surface area (Å²) >= 11 is 0. The summed E-state index contributed by atoms with van der Waals surface area (Å²) in [5.74, 6) is 0.274. The Hall–Kier alpha value is -1.45. The van der Waals surface area contributed by atoms with Gasteiger partial charge in [-0.1, -0.05) is 0 Å². The molecule has 0 fully saturated rings. The van der Waals surface area contributed by atoms with Gasteiger partial charge >= 0.3 is 0 Å². The van der Waals surface area contributed by atoms with E-state index in [2.05, 4.69) is 5.10 Å². The predicted molar refractivity (Wildman–Crippen MR) is 46.6 cm³/mol. The molecule has 13 heavy (non-hydrogen) atoms. The standard InChI is InChI=1S/C9H12N2O2/c1-9(2)12-7-8(13-9)6-11-5-3-4-10-11/h3-5,7H,6H2,1-2H3. The second-order valence-corrected chi connectivity index (χ2v) is 3.41. The van der Waals surface area contributed by atoms with Gasteiger partial charge in [0.25, 0.3) is 0 Å². The largest absolute Gasteiger partial charge is 0.457 e. The molecule has 1 aliphatic rings. The Kier molecular flexibility index (Phi) is 1.76. The van der Waals surface area contributed by atoms with Crippen molar-refractivity contribution >= 4 is 0 Å². The summed E-state index contributed by atoms with van der Waals surface area (Å²) in [7, 11) is 0. The van der Waals surface area contributed by atoms with Gasteiger partial charge in [-0.3, -0.25) is 4.68 Å². The van der Waals surface area contributed by atoms with Crippen LogP contribution in [0.25, 0.3) is 0 Å². The van der Waals surface area contributed by atoms with Crippen molar-refractivity contribution in [3.8, 4) is 0 Å². The fourth-order valence-corrected chi connectivity index (χ4v) is 1.19. The first-order valence-corrected chi connectivity index (χ1v) is 4.19. The van der Waals surface area contributed by atoms with Crippen molar-refractivity contribution in [2.24, 2.45) is 0 Å². The molecular weight excluding hydrogens is 168 g/mol. The van der Waals surface area contributed by atoms with Crippen LogP contribution in [0.4, 0.5) is 0 Å². The number of ether oxygens (including phenoxy) is 2. The molecule has 0 saturated carbocycles. The van der Waals surface area contributed by atoms with Gasteiger partial charge in [0.15, 0.2) is 5.76 Å². The van der Waals surface area contributed by atoms with E-state index in [1.807, 2.05) is 26.1 Å². The average molecular weight is 180 g/mol. The second-order valence-electron chi connectivity index (χ2n) is 3.41. The molecule has 0 aliphatic carbocycles. The zero-order valence-corrected chi connectivity index (χ0v) is 7.73. The van der Waals surface area contributed by atoms with E-state index in [9.17, 15) is 0 Å². The zero-order valence-electron chi connectivity index (χ0n) is 7.73. The molecule has 0 aromatic carbocycles. The van der Waals surface area contributed by atoms with E-state index in [1.54, 1.807) is 17.1 Å². The topological polar surface area (TPSA) is 36.3 Å². The van der Waals surface area contributed by atoms with Gasteiger partial charge in [-0.05, 0) is 6.07 Å². The molecule has 0 saturated heterocycles. The zero-order chi connectivity index (χ0) is 9.31. The number of aromatic nitrogens is 2. The van der Waals surface area contributed by atoms with E-state index in [0.29, 0.717) is 6.54 Å². The molecular formula is C9H12N2O2. The summed E-state index contributed by atoms with van der Waals surface area (Å²) < 4.78 is 12.6. The van der Waals surface area contributed by atoms with Crippen molar-refractivity contribution in [3.05, 3.63) is 30.5 Å². The normalized spacial score (nSPS) is 19.1. The van der Waals surface area contributed by atoms with Crippen LogP contribution >= 0.6 is 0 Å². The molecule has 0 N–H and O–H groups in total. The summed E-state index contributed by atoms with van der Waals surface area (Å²) in [6.45, 7) is 4.37. The lowest BCUT2D eigenvalue weighted by Crippen LogP contribution is -2.21. The fourth-order valence-electron chi connectivity index (χ4n) is 1.19. The second kappa shape index (κ2) is 2.80. The third-order valence-electron chi connectivity index (χ3n) is 1.73. The third-order valence-corrected chi connectivity index (χ3v) is 1.73. The van der Waals surface area contributed by atoms with Crippen molar-refractivity contribution in [1.82, 2.24) is 9.78 Å². The van der Waals surface area contributed by atoms with Gasteiger partial charge in [0, 0.05) is 26.2 Å². The van der Waals surface area contributed by atoms with Gasteiger partial charge in [-0.25, -0.2) is 0 Å². The molecule has 1 aromatic heterocycles. The van der Waals surface area contributed by atoms with E-state index >= 15 is 0 Å². The lowest BCUT2D eigenvalue weighted by atomic mass is 10.4. The van der Waals surface area contributed by atoms with Crippen LogP contribution in [-0.4, -0.2) is 15.6 Å². The van der Waals surface area contributed by atoms with Crippen LogP contribution in [0.1, 0.15) is 13.8 Å². The number of hydrogen-bond acceptors (Lipinski definition) is 3. The Morgan fingerprint density at radius 3 is 2.92 bits per heavy atom. The maximum absolute atomic E-state index is 5.50. The van der Waals surface area contributed by atoms with Crippen LogP contribution in [0.3, 0.4) is 0 Å². The lowest BCUT2D eigenvalue weighted by Gasteiger charge is -2.18. The summed E-state index contributed by atoms with van der Waals surface area (Å²) in [6, 6.07) is 1.88. The predicted octanol–water partition coefficient (Wildman–Crippen LogP) is 1.51. The minimum atomic E-state index is -0.525. The molecule has 0 atom stereocenters. The van der Waals surface area contributed by atoms with Crippen molar-refractivity contribution in [1.29, 1.82) is 0 Å². The Morgan fingerprint density at radius 2 is 2.38 bits per heavy atom. The quantitative estimate of drug-likeness (QED) is 0.692. The molecule has 0 bridgehead atoms. The molecule has 1 aromatic rings. The molecule has 0 radical (unpaired) electrons. The molecule has 0 unspecified atom stereocenters. The number of hydrogen-bond donors (Lipinski definition) is 0. The molecule has 4 heteroatoms. The highest BCUT2D eigenvalue weighted by Gasteiger charge is 2.27. The van der Waals surface area contributed by atoms with E-state index in [1.165, 1.54) is 0 Å². The van der Waals surface area contributed by atoms with Crippen LogP contribution in [0.5, 0.6) is 0 Å². The summed E-state index contributed by atoms with van der Waals surface area (Å²) in [5, 5.41) is 4.07. The molecule has 0 spiro atoms. The van der Waals surface area contributed by atoms with Crippen LogP contribution in [0.15, 0.2) is 30.5 Å². The molecule has 70 valence electrons. The summed E-state index contributed by atoms with van der Waals surface area (Å²) in [5.41, 5.74) is 0. The number of nitrogens with zero attached hydrogens (tertiary/aromatic N) is 2. The van der Waals surface area contributed by atoms with Gasteiger partial charge < -0.3 is 9.47 Å². The van der Waals surface area contributed by atoms with Crippen molar-refractivity contribution in [2.75, 3.05) is 0 Å². The van der Waals surface area contributed by atoms with E-state index in [4.69, 9.17) is 9.47 Å². The van der Waals surface area contributed by atoms with Gasteiger partial charge in [0.1, 0.15) is 12.8 Å². The Morgan fingerprint density at radius 1 is 1.54 bits per heavy atom. The maximum Gasteiger partial charge on any atom is 0.244 e. The molecule has 4 nitrogen and oxygen atoms in total. The molecule has 2 heterocycles. The maximum atomic E-state index is 5.50. The van der Waals surface area contributed by atoms with Crippen LogP contribution in [0.2, 0.25) is 0 Å². The Labute approximate surface area is 76.8 Å². The first-order valence-electron chi connectivity index (χ1n) is 4.19. The van der Waals surface area contributed by atoms with E-state index in [-0.39, 0.29) is 0 Å². The highest BCUT2D eigenvalue weighted by molar-refractivity contribution is 4.96. The van der Waals surface area contributed by atoms with E-state index in [0.717, 1.165) is 5.76 Å². The van der Waals surface area contributed by atoms with Crippen LogP contribution < -0.4 is 0 Å². The van der Waals surface area contributed by atoms with Gasteiger partial charge in [0.2, 0.25) is 5.79 Å². The van der Waals surface area contributed by atoms with Crippen LogP contribution in [-0.2, 0) is 16.0 Å². The monoisotopic (exact) mass is 180 g/mol. The van der Waals surface area contributed by atoms with Gasteiger partial charge in [-0.2, -0.15) is 5.10 Å². The highest BCUT2D eigenvalue weighted by atomic mass is 16.7. The molecule has 0 amide bonds. The first kappa shape index (κ1) is 8.16. The highest BCUT2D eigenvalue weighted by Crippen LogP contribution is 2.24. The van der Waals surface area contributed by atoms with Crippen molar-refractivity contribution in [3.63, 3.8) is 0 Å². The van der Waals surface area contributed by atoms with Crippen molar-refractivity contribution in [2.45, 2.75) is 26.2 Å². The van der Waals surface area contributed by atoms with Gasteiger partial charge in [0.05, 0.1) is 0 Å². The van der Waals surface area contributed by atoms with Gasteiger partial charge in [-0.15, -0.1) is 0 Å². The third kappa shape index (κ3) is 1.83. The molecule has 1 aliphatic heterocycles. The van der Waals surface area contributed by atoms with Crippen LogP contribution in [0, 0.1) is 0 Å². The minimum absolute atomic E-state index is 0.525. The molecule has 2 rings (SSSR count). The minimum Gasteiger partial charge on any atom is -0.457 e. The summed E-state index contributed by atoms with van der Waals surface area (Å²) in [4.78, 5) is 0. The Balaban J connectivity index is 1.98. The Bertz CT molecular complexity index is 314. The number of rotatable bonds is 2. The summed E-state index contributed by atoms with van der Waals surface area (Å²) in [6.07, 6.45) is 5.26. The van der Waals surface area contributed by atoms with Crippen molar-refractivity contribution < 1.29 is 9.47 Å². The number of allylic oxidation sites excluding steroid dienone is 1. The fraction of sp³-hybridized carbons (Fsp3) is 0.444. The SMILES string of the molecule is CC1(C)OC=C(Cn2cccn2)O1.